The Balaban J connectivity index is 2.63. The van der Waals surface area contributed by atoms with Crippen LogP contribution in [0.15, 0.2) is 12.1 Å². The molecule has 0 saturated heterocycles. The van der Waals surface area contributed by atoms with Crippen molar-refractivity contribution < 1.29 is 9.50 Å². The molecule has 2 N–H and O–H groups in total. The molecule has 0 spiro atoms. The van der Waals surface area contributed by atoms with Crippen molar-refractivity contribution in [3.63, 3.8) is 0 Å². The summed E-state index contributed by atoms with van der Waals surface area (Å²) in [6, 6.07) is 2.35. The molecular formula is C11H15Cl2FN2O. The lowest BCUT2D eigenvalue weighted by Crippen LogP contribution is -2.31. The van der Waals surface area contributed by atoms with Crippen LogP contribution in [0.3, 0.4) is 0 Å². The molecule has 1 aromatic rings. The van der Waals surface area contributed by atoms with Gasteiger partial charge >= 0.3 is 0 Å². The average molecular weight is 281 g/mol. The SMILES string of the molecule is CN(C)CC(O)CNc1c(Cl)cc(F)cc1Cl. The number of likely N-dealkylation sites (N-methyl/N-ethyl adjacent to an activating group) is 1. The predicted octanol–water partition coefficient (Wildman–Crippen LogP) is 2.47. The zero-order chi connectivity index (χ0) is 13.0. The van der Waals surface area contributed by atoms with E-state index in [2.05, 4.69) is 5.32 Å². The van der Waals surface area contributed by atoms with Gasteiger partial charge < -0.3 is 15.3 Å². The number of nitrogens with one attached hydrogen (secondary N) is 1. The monoisotopic (exact) mass is 280 g/mol. The lowest BCUT2D eigenvalue weighted by atomic mass is 10.2. The fraction of sp³-hybridized carbons (Fsp3) is 0.455. The summed E-state index contributed by atoms with van der Waals surface area (Å²) in [6.07, 6.45) is -0.554. The van der Waals surface area contributed by atoms with Crippen molar-refractivity contribution in [1.82, 2.24) is 4.90 Å². The summed E-state index contributed by atoms with van der Waals surface area (Å²) in [5.41, 5.74) is 0.438. The third-order valence-electron chi connectivity index (χ3n) is 2.10. The summed E-state index contributed by atoms with van der Waals surface area (Å²) in [5.74, 6) is -0.487. The highest BCUT2D eigenvalue weighted by molar-refractivity contribution is 6.39. The second-order valence-corrected chi connectivity index (χ2v) is 4.86. The number of aliphatic hydroxyl groups is 1. The Morgan fingerprint density at radius 2 is 1.88 bits per heavy atom. The van der Waals surface area contributed by atoms with Gasteiger partial charge in [-0.15, -0.1) is 0 Å². The van der Waals surface area contributed by atoms with Crippen LogP contribution in [0.4, 0.5) is 10.1 Å². The van der Waals surface area contributed by atoms with E-state index in [1.165, 1.54) is 12.1 Å². The van der Waals surface area contributed by atoms with Crippen molar-refractivity contribution in [1.29, 1.82) is 0 Å². The second kappa shape index (κ2) is 6.40. The van der Waals surface area contributed by atoms with Gasteiger partial charge in [-0.3, -0.25) is 0 Å². The van der Waals surface area contributed by atoms with Crippen molar-refractivity contribution in [2.24, 2.45) is 0 Å². The summed E-state index contributed by atoms with van der Waals surface area (Å²) in [7, 11) is 3.72. The smallest absolute Gasteiger partial charge is 0.126 e. The van der Waals surface area contributed by atoms with Gasteiger partial charge in [0.05, 0.1) is 21.8 Å². The molecule has 0 fully saturated rings. The normalized spacial score (nSPS) is 12.9. The zero-order valence-corrected chi connectivity index (χ0v) is 11.2. The van der Waals surface area contributed by atoms with Crippen LogP contribution in [0.2, 0.25) is 10.0 Å². The van der Waals surface area contributed by atoms with E-state index < -0.39 is 11.9 Å². The number of hydrogen-bond donors (Lipinski definition) is 2. The van der Waals surface area contributed by atoms with E-state index >= 15 is 0 Å². The van der Waals surface area contributed by atoms with E-state index in [9.17, 15) is 9.50 Å². The van der Waals surface area contributed by atoms with Gasteiger partial charge in [-0.25, -0.2) is 4.39 Å². The van der Waals surface area contributed by atoms with E-state index in [4.69, 9.17) is 23.2 Å². The number of nitrogens with zero attached hydrogens (tertiary/aromatic N) is 1. The largest absolute Gasteiger partial charge is 0.390 e. The Kier molecular flexibility index (Phi) is 5.46. The number of benzene rings is 1. The van der Waals surface area contributed by atoms with E-state index in [1.54, 1.807) is 0 Å². The van der Waals surface area contributed by atoms with Crippen molar-refractivity contribution in [3.8, 4) is 0 Å². The predicted molar refractivity (Wildman–Crippen MR) is 69.5 cm³/mol. The lowest BCUT2D eigenvalue weighted by molar-refractivity contribution is 0.148. The van der Waals surface area contributed by atoms with Crippen LogP contribution < -0.4 is 5.32 Å². The highest BCUT2D eigenvalue weighted by Gasteiger charge is 2.11. The first kappa shape index (κ1) is 14.5. The maximum Gasteiger partial charge on any atom is 0.126 e. The first-order valence-electron chi connectivity index (χ1n) is 5.11. The topological polar surface area (TPSA) is 35.5 Å². The fourth-order valence-corrected chi connectivity index (χ4v) is 2.01. The molecule has 1 aromatic carbocycles. The average Bonchev–Trinajstić information content (AvgIpc) is 2.14. The van der Waals surface area contributed by atoms with Crippen molar-refractivity contribution in [2.45, 2.75) is 6.10 Å². The lowest BCUT2D eigenvalue weighted by Gasteiger charge is -2.18. The minimum absolute atomic E-state index is 0.201. The van der Waals surface area contributed by atoms with Crippen LogP contribution >= 0.6 is 23.2 Å². The van der Waals surface area contributed by atoms with Crippen LogP contribution in [0.25, 0.3) is 0 Å². The maximum absolute atomic E-state index is 12.9. The molecule has 1 atom stereocenters. The van der Waals surface area contributed by atoms with Gasteiger partial charge in [-0.05, 0) is 26.2 Å². The second-order valence-electron chi connectivity index (χ2n) is 4.04. The third kappa shape index (κ3) is 4.68. The molecule has 0 amide bonds. The molecule has 6 heteroatoms. The van der Waals surface area contributed by atoms with E-state index in [0.29, 0.717) is 18.8 Å². The van der Waals surface area contributed by atoms with Crippen LogP contribution in [0.5, 0.6) is 0 Å². The van der Waals surface area contributed by atoms with E-state index in [-0.39, 0.29) is 10.0 Å². The van der Waals surface area contributed by atoms with Gasteiger partial charge in [0.2, 0.25) is 0 Å². The minimum Gasteiger partial charge on any atom is -0.390 e. The molecule has 0 bridgehead atoms. The molecule has 1 rings (SSSR count). The highest BCUT2D eigenvalue weighted by atomic mass is 35.5. The number of aliphatic hydroxyl groups excluding tert-OH is 1. The Hall–Kier alpha value is -0.550. The zero-order valence-electron chi connectivity index (χ0n) is 9.67. The Morgan fingerprint density at radius 3 is 2.35 bits per heavy atom. The molecule has 3 nitrogen and oxygen atoms in total. The summed E-state index contributed by atoms with van der Waals surface area (Å²) >= 11 is 11.7. The van der Waals surface area contributed by atoms with Crippen LogP contribution in [-0.2, 0) is 0 Å². The van der Waals surface area contributed by atoms with Gasteiger partial charge in [0.1, 0.15) is 5.82 Å². The van der Waals surface area contributed by atoms with Crippen LogP contribution in [0.1, 0.15) is 0 Å². The number of hydrogen-bond acceptors (Lipinski definition) is 3. The van der Waals surface area contributed by atoms with Gasteiger partial charge in [0, 0.05) is 13.1 Å². The fourth-order valence-electron chi connectivity index (χ4n) is 1.42. The van der Waals surface area contributed by atoms with Gasteiger partial charge in [0.15, 0.2) is 0 Å². The Labute approximate surface area is 110 Å². The number of rotatable bonds is 5. The standard InChI is InChI=1S/C11H15Cl2FN2O/c1-16(2)6-8(17)5-15-11-9(12)3-7(14)4-10(11)13/h3-4,8,15,17H,5-6H2,1-2H3. The summed E-state index contributed by atoms with van der Waals surface area (Å²) < 4.78 is 12.9. The summed E-state index contributed by atoms with van der Waals surface area (Å²) in [4.78, 5) is 1.86. The number of anilines is 1. The molecule has 0 aliphatic heterocycles. The first-order chi connectivity index (χ1) is 7.90. The quantitative estimate of drug-likeness (QED) is 0.870. The third-order valence-corrected chi connectivity index (χ3v) is 2.69. The Morgan fingerprint density at radius 1 is 1.35 bits per heavy atom. The molecule has 1 unspecified atom stereocenters. The van der Waals surface area contributed by atoms with Crippen molar-refractivity contribution in [3.05, 3.63) is 28.0 Å². The molecular weight excluding hydrogens is 266 g/mol. The summed E-state index contributed by atoms with van der Waals surface area (Å²) in [5, 5.41) is 13.0. The Bertz CT molecular complexity index is 365. The van der Waals surface area contributed by atoms with Gasteiger partial charge in [0.25, 0.3) is 0 Å². The van der Waals surface area contributed by atoms with E-state index in [1.807, 2.05) is 19.0 Å². The molecule has 0 aliphatic carbocycles. The van der Waals surface area contributed by atoms with E-state index in [0.717, 1.165) is 0 Å². The summed E-state index contributed by atoms with van der Waals surface area (Å²) in [6.45, 7) is 0.812. The van der Waals surface area contributed by atoms with Gasteiger partial charge in [-0.1, -0.05) is 23.2 Å². The van der Waals surface area contributed by atoms with Crippen molar-refractivity contribution in [2.75, 3.05) is 32.5 Å². The molecule has 96 valence electrons. The molecule has 0 radical (unpaired) electrons. The van der Waals surface area contributed by atoms with Gasteiger partial charge in [-0.2, -0.15) is 0 Å². The highest BCUT2D eigenvalue weighted by Crippen LogP contribution is 2.31. The number of halogens is 3. The van der Waals surface area contributed by atoms with Crippen LogP contribution in [0, 0.1) is 5.82 Å². The molecule has 0 aromatic heterocycles. The molecule has 17 heavy (non-hydrogen) atoms. The molecule has 0 saturated carbocycles. The maximum atomic E-state index is 12.9. The molecule has 0 heterocycles. The van der Waals surface area contributed by atoms with Crippen LogP contribution in [-0.4, -0.2) is 43.3 Å². The minimum atomic E-state index is -0.554. The molecule has 0 aliphatic rings. The van der Waals surface area contributed by atoms with Crippen molar-refractivity contribution >= 4 is 28.9 Å². The first-order valence-corrected chi connectivity index (χ1v) is 5.87.